The molecule has 4 fully saturated rings. The SMILES string of the molecule is Cc1cc2[nH]ncc2c(-c2ncc3c(N4CCCC5(CC(O)C5)C4)nc(OCC45CCCN4CCC5)nc3c2F)c1C. The third-order valence-electron chi connectivity index (χ3n) is 10.7. The Bertz CT molecular complexity index is 1680. The highest BCUT2D eigenvalue weighted by molar-refractivity contribution is 5.99. The van der Waals surface area contributed by atoms with E-state index in [1.807, 2.05) is 19.9 Å². The van der Waals surface area contributed by atoms with Gasteiger partial charge < -0.3 is 14.7 Å². The molecule has 1 saturated carbocycles. The number of anilines is 1. The molecule has 0 amide bonds. The molecule has 0 unspecified atom stereocenters. The highest BCUT2D eigenvalue weighted by Crippen LogP contribution is 2.49. The quantitative estimate of drug-likeness (QED) is 0.342. The lowest BCUT2D eigenvalue weighted by Crippen LogP contribution is -2.52. The molecular weight excluding hydrogens is 533 g/mol. The first-order valence-electron chi connectivity index (χ1n) is 15.5. The van der Waals surface area contributed by atoms with E-state index in [1.165, 1.54) is 12.8 Å². The highest BCUT2D eigenvalue weighted by atomic mass is 19.1. The summed E-state index contributed by atoms with van der Waals surface area (Å²) in [5.41, 5.74) is 4.19. The number of aliphatic hydroxyl groups is 1. The van der Waals surface area contributed by atoms with Gasteiger partial charge in [0, 0.05) is 30.2 Å². The van der Waals surface area contributed by atoms with Crippen LogP contribution in [0.15, 0.2) is 18.5 Å². The summed E-state index contributed by atoms with van der Waals surface area (Å²) in [7, 11) is 0. The Kier molecular flexibility index (Phi) is 5.99. The van der Waals surface area contributed by atoms with E-state index in [0.717, 1.165) is 92.3 Å². The minimum Gasteiger partial charge on any atom is -0.461 e. The molecule has 9 nitrogen and oxygen atoms in total. The minimum absolute atomic E-state index is 0.0310. The Labute approximate surface area is 244 Å². The second-order valence-corrected chi connectivity index (χ2v) is 13.3. The second kappa shape index (κ2) is 9.57. The standard InChI is InChI=1S/C32H38FN7O2/c1-19-12-24-22(16-35-38-24)25(20(19)2)28-26(33)27-23(15-34-28)29(39-9-3-6-31(17-39)13-21(41)14-31)37-30(36-27)42-18-32-7-4-10-40(32)11-5-8-32/h12,15-16,21,41H,3-11,13-14,17-18H2,1-2H3,(H,35,38). The van der Waals surface area contributed by atoms with Gasteiger partial charge in [0.1, 0.15) is 23.6 Å². The Morgan fingerprint density at radius 2 is 1.83 bits per heavy atom. The molecule has 42 heavy (non-hydrogen) atoms. The van der Waals surface area contributed by atoms with E-state index in [1.54, 1.807) is 12.4 Å². The lowest BCUT2D eigenvalue weighted by Gasteiger charge is -2.51. The third kappa shape index (κ3) is 4.01. The molecule has 10 heteroatoms. The monoisotopic (exact) mass is 571 g/mol. The van der Waals surface area contributed by atoms with Crippen LogP contribution in [-0.2, 0) is 0 Å². The third-order valence-corrected chi connectivity index (χ3v) is 10.7. The Morgan fingerprint density at radius 1 is 1.05 bits per heavy atom. The van der Waals surface area contributed by atoms with Crippen molar-refractivity contribution in [2.45, 2.75) is 76.9 Å². The van der Waals surface area contributed by atoms with Gasteiger partial charge in [-0.25, -0.2) is 4.39 Å². The molecule has 3 saturated heterocycles. The Balaban J connectivity index is 1.25. The molecule has 8 rings (SSSR count). The van der Waals surface area contributed by atoms with Gasteiger partial charge >= 0.3 is 6.01 Å². The Morgan fingerprint density at radius 3 is 2.62 bits per heavy atom. The number of nitrogens with zero attached hydrogens (tertiary/aromatic N) is 6. The van der Waals surface area contributed by atoms with Crippen molar-refractivity contribution in [3.63, 3.8) is 0 Å². The van der Waals surface area contributed by atoms with Crippen LogP contribution in [0.3, 0.4) is 0 Å². The van der Waals surface area contributed by atoms with Crippen molar-refractivity contribution >= 4 is 27.6 Å². The average Bonchev–Trinajstić information content (AvgIpc) is 3.69. The van der Waals surface area contributed by atoms with Crippen LogP contribution in [0.2, 0.25) is 0 Å². The van der Waals surface area contributed by atoms with Gasteiger partial charge in [0.05, 0.1) is 28.7 Å². The van der Waals surface area contributed by atoms with Gasteiger partial charge in [-0.05, 0) is 101 Å². The van der Waals surface area contributed by atoms with Crippen LogP contribution in [0, 0.1) is 25.1 Å². The molecule has 0 bridgehead atoms. The summed E-state index contributed by atoms with van der Waals surface area (Å²) in [4.78, 5) is 19.2. The van der Waals surface area contributed by atoms with Gasteiger partial charge in [-0.1, -0.05) is 0 Å². The van der Waals surface area contributed by atoms with Gasteiger partial charge in [-0.15, -0.1) is 0 Å². The number of aromatic amines is 1. The molecule has 2 N–H and O–H groups in total. The Hall–Kier alpha value is -3.37. The van der Waals surface area contributed by atoms with Crippen LogP contribution in [0.25, 0.3) is 33.1 Å². The minimum atomic E-state index is -0.468. The predicted molar refractivity (Wildman–Crippen MR) is 159 cm³/mol. The molecule has 6 heterocycles. The molecule has 0 atom stereocenters. The van der Waals surface area contributed by atoms with E-state index in [9.17, 15) is 5.11 Å². The predicted octanol–water partition coefficient (Wildman–Crippen LogP) is 5.07. The number of benzene rings is 1. The summed E-state index contributed by atoms with van der Waals surface area (Å²) < 4.78 is 23.2. The molecule has 3 aliphatic heterocycles. The van der Waals surface area contributed by atoms with E-state index in [0.29, 0.717) is 17.8 Å². The average molecular weight is 572 g/mol. The molecular formula is C32H38FN7O2. The molecule has 1 aromatic carbocycles. The number of aryl methyl sites for hydroxylation is 1. The fraction of sp³-hybridized carbons (Fsp3) is 0.562. The molecule has 220 valence electrons. The highest BCUT2D eigenvalue weighted by Gasteiger charge is 2.47. The van der Waals surface area contributed by atoms with Crippen LogP contribution in [0.1, 0.15) is 62.5 Å². The smallest absolute Gasteiger partial charge is 0.319 e. The number of piperidine rings is 1. The number of ether oxygens (including phenoxy) is 1. The fourth-order valence-electron chi connectivity index (χ4n) is 8.46. The first-order chi connectivity index (χ1) is 20.3. The van der Waals surface area contributed by atoms with Gasteiger partial charge in [0.2, 0.25) is 0 Å². The van der Waals surface area contributed by atoms with Crippen molar-refractivity contribution in [2.24, 2.45) is 5.41 Å². The van der Waals surface area contributed by atoms with E-state index in [-0.39, 0.29) is 34.3 Å². The lowest BCUT2D eigenvalue weighted by atomic mass is 9.62. The first kappa shape index (κ1) is 26.3. The molecule has 1 spiro atoms. The zero-order chi connectivity index (χ0) is 28.6. The van der Waals surface area contributed by atoms with Crippen molar-refractivity contribution in [1.82, 2.24) is 30.0 Å². The van der Waals surface area contributed by atoms with Gasteiger partial charge in [0.15, 0.2) is 5.82 Å². The zero-order valence-electron chi connectivity index (χ0n) is 24.4. The summed E-state index contributed by atoms with van der Waals surface area (Å²) >= 11 is 0. The number of hydrogen-bond donors (Lipinski definition) is 2. The van der Waals surface area contributed by atoms with Crippen molar-refractivity contribution in [3.05, 3.63) is 35.4 Å². The zero-order valence-corrected chi connectivity index (χ0v) is 24.4. The number of rotatable bonds is 5. The first-order valence-corrected chi connectivity index (χ1v) is 15.5. The van der Waals surface area contributed by atoms with Crippen LogP contribution in [0.4, 0.5) is 10.2 Å². The van der Waals surface area contributed by atoms with Crippen LogP contribution in [-0.4, -0.2) is 79.6 Å². The van der Waals surface area contributed by atoms with Crippen LogP contribution >= 0.6 is 0 Å². The van der Waals surface area contributed by atoms with Crippen molar-refractivity contribution in [1.29, 1.82) is 0 Å². The van der Waals surface area contributed by atoms with Crippen molar-refractivity contribution in [3.8, 4) is 17.3 Å². The summed E-state index contributed by atoms with van der Waals surface area (Å²) in [5, 5.41) is 18.8. The van der Waals surface area contributed by atoms with Gasteiger partial charge in [-0.3, -0.25) is 15.0 Å². The van der Waals surface area contributed by atoms with Gasteiger partial charge in [0.25, 0.3) is 0 Å². The molecule has 0 radical (unpaired) electrons. The van der Waals surface area contributed by atoms with Crippen LogP contribution in [0.5, 0.6) is 6.01 Å². The topological polar surface area (TPSA) is 103 Å². The number of pyridine rings is 1. The van der Waals surface area contributed by atoms with Crippen molar-refractivity contribution in [2.75, 3.05) is 37.7 Å². The molecule has 4 aromatic rings. The van der Waals surface area contributed by atoms with E-state index in [4.69, 9.17) is 19.7 Å². The van der Waals surface area contributed by atoms with E-state index >= 15 is 4.39 Å². The maximum atomic E-state index is 16.8. The van der Waals surface area contributed by atoms with Gasteiger partial charge in [-0.2, -0.15) is 15.1 Å². The number of aromatic nitrogens is 5. The largest absolute Gasteiger partial charge is 0.461 e. The number of fused-ring (bicyclic) bond motifs is 3. The molecule has 4 aliphatic rings. The number of H-pyrrole nitrogens is 1. The normalized spacial score (nSPS) is 25.4. The summed E-state index contributed by atoms with van der Waals surface area (Å²) in [6.45, 7) is 8.34. The van der Waals surface area contributed by atoms with E-state index < -0.39 is 5.82 Å². The van der Waals surface area contributed by atoms with Crippen LogP contribution < -0.4 is 9.64 Å². The maximum absolute atomic E-state index is 16.8. The van der Waals surface area contributed by atoms with Crippen molar-refractivity contribution < 1.29 is 14.2 Å². The summed E-state index contributed by atoms with van der Waals surface area (Å²) in [5.74, 6) is 0.208. The second-order valence-electron chi connectivity index (χ2n) is 13.3. The maximum Gasteiger partial charge on any atom is 0.319 e. The molecule has 1 aliphatic carbocycles. The number of halogens is 1. The van der Waals surface area contributed by atoms with E-state index in [2.05, 4.69) is 20.0 Å². The number of hydrogen-bond acceptors (Lipinski definition) is 8. The molecule has 3 aromatic heterocycles. The summed E-state index contributed by atoms with van der Waals surface area (Å²) in [6.07, 6.45) is 11.5. The summed E-state index contributed by atoms with van der Waals surface area (Å²) in [6, 6.07) is 2.26. The number of nitrogens with one attached hydrogen (secondary N) is 1. The lowest BCUT2D eigenvalue weighted by molar-refractivity contribution is -0.0396. The number of aliphatic hydroxyl groups excluding tert-OH is 1. The fourth-order valence-corrected chi connectivity index (χ4v) is 8.46.